The molecule has 2 aromatic carbocycles. The second-order valence-electron chi connectivity index (χ2n) is 7.79. The summed E-state index contributed by atoms with van der Waals surface area (Å²) in [6.07, 6.45) is 2.15. The number of nitrogens with zero attached hydrogens (tertiary/aromatic N) is 1. The zero-order valence-corrected chi connectivity index (χ0v) is 16.8. The van der Waals surface area contributed by atoms with E-state index in [1.807, 2.05) is 0 Å². The van der Waals surface area contributed by atoms with Gasteiger partial charge >= 0.3 is 0 Å². The van der Waals surface area contributed by atoms with Crippen molar-refractivity contribution in [2.75, 3.05) is 19.3 Å². The molecule has 4 rings (SSSR count). The van der Waals surface area contributed by atoms with E-state index in [-0.39, 0.29) is 23.8 Å². The highest BCUT2D eigenvalue weighted by atomic mass is 32.2. The minimum atomic E-state index is -3.33. The molecule has 1 aliphatic carbocycles. The number of hydrogen-bond acceptors (Lipinski definition) is 3. The van der Waals surface area contributed by atoms with Crippen LogP contribution in [0, 0.1) is 17.6 Å². The summed E-state index contributed by atoms with van der Waals surface area (Å²) in [6, 6.07) is 10.5. The Morgan fingerprint density at radius 3 is 2.48 bits per heavy atom. The van der Waals surface area contributed by atoms with E-state index >= 15 is 0 Å². The quantitative estimate of drug-likeness (QED) is 0.809. The van der Waals surface area contributed by atoms with Crippen molar-refractivity contribution in [2.45, 2.75) is 24.8 Å². The molecular formula is C21H22F2N2O3S. The van der Waals surface area contributed by atoms with E-state index in [1.165, 1.54) is 12.1 Å². The van der Waals surface area contributed by atoms with Crippen LogP contribution in [0.5, 0.6) is 0 Å². The van der Waals surface area contributed by atoms with Gasteiger partial charge in [0.1, 0.15) is 11.6 Å². The molecule has 1 amide bonds. The first-order valence-corrected chi connectivity index (χ1v) is 11.4. The third-order valence-electron chi connectivity index (χ3n) is 5.58. The van der Waals surface area contributed by atoms with Gasteiger partial charge in [0.05, 0.1) is 6.26 Å². The molecular weight excluding hydrogens is 398 g/mol. The van der Waals surface area contributed by atoms with Crippen molar-refractivity contribution in [3.8, 4) is 11.1 Å². The largest absolute Gasteiger partial charge is 0.341 e. The molecule has 2 aliphatic rings. The van der Waals surface area contributed by atoms with Crippen LogP contribution in [-0.2, 0) is 14.8 Å². The van der Waals surface area contributed by atoms with Crippen molar-refractivity contribution < 1.29 is 22.0 Å². The van der Waals surface area contributed by atoms with Crippen LogP contribution in [0.25, 0.3) is 11.1 Å². The summed E-state index contributed by atoms with van der Waals surface area (Å²) < 4.78 is 54.3. The molecule has 8 heteroatoms. The number of likely N-dealkylation sites (tertiary alicyclic amines) is 1. The number of nitrogens with one attached hydrogen (secondary N) is 1. The van der Waals surface area contributed by atoms with Crippen LogP contribution < -0.4 is 4.72 Å². The normalized spacial score (nSPS) is 24.0. The maximum Gasteiger partial charge on any atom is 0.226 e. The topological polar surface area (TPSA) is 66.5 Å². The molecule has 0 bridgehead atoms. The predicted molar refractivity (Wildman–Crippen MR) is 106 cm³/mol. The highest BCUT2D eigenvalue weighted by Gasteiger charge is 2.49. The van der Waals surface area contributed by atoms with Gasteiger partial charge in [0.2, 0.25) is 15.9 Å². The molecule has 1 aliphatic heterocycles. The van der Waals surface area contributed by atoms with Crippen molar-refractivity contribution in [1.29, 1.82) is 0 Å². The molecule has 0 radical (unpaired) electrons. The summed E-state index contributed by atoms with van der Waals surface area (Å²) in [4.78, 5) is 14.5. The first kappa shape index (κ1) is 20.0. The Kier molecular flexibility index (Phi) is 5.16. The van der Waals surface area contributed by atoms with Crippen molar-refractivity contribution in [2.24, 2.45) is 5.92 Å². The van der Waals surface area contributed by atoms with Gasteiger partial charge in [0, 0.05) is 30.6 Å². The summed E-state index contributed by atoms with van der Waals surface area (Å²) in [5, 5.41) is 0. The highest BCUT2D eigenvalue weighted by Crippen LogP contribution is 2.52. The SMILES string of the molecule is CS(=O)(=O)NC1CCN(C(=O)C2CC2c2c(F)cccc2-c2ccccc2F)C1. The lowest BCUT2D eigenvalue weighted by molar-refractivity contribution is -0.131. The summed E-state index contributed by atoms with van der Waals surface area (Å²) in [7, 11) is -3.33. The highest BCUT2D eigenvalue weighted by molar-refractivity contribution is 7.88. The van der Waals surface area contributed by atoms with Crippen molar-refractivity contribution in [3.05, 3.63) is 59.7 Å². The number of hydrogen-bond donors (Lipinski definition) is 1. The molecule has 0 spiro atoms. The molecule has 0 aromatic heterocycles. The maximum absolute atomic E-state index is 14.7. The van der Waals surface area contributed by atoms with Crippen LogP contribution in [0.3, 0.4) is 0 Å². The summed E-state index contributed by atoms with van der Waals surface area (Å²) in [6.45, 7) is 0.777. The predicted octanol–water partition coefficient (Wildman–Crippen LogP) is 2.89. The van der Waals surface area contributed by atoms with E-state index in [0.717, 1.165) is 6.26 Å². The fraction of sp³-hybridized carbons (Fsp3) is 0.381. The zero-order chi connectivity index (χ0) is 20.8. The van der Waals surface area contributed by atoms with Gasteiger partial charge in [-0.25, -0.2) is 21.9 Å². The first-order chi connectivity index (χ1) is 13.7. The Morgan fingerprint density at radius 1 is 1.07 bits per heavy atom. The average Bonchev–Trinajstić information content (AvgIpc) is 3.30. The van der Waals surface area contributed by atoms with E-state index < -0.39 is 21.7 Å². The lowest BCUT2D eigenvalue weighted by Crippen LogP contribution is -2.38. The summed E-state index contributed by atoms with van der Waals surface area (Å²) in [5.74, 6) is -1.65. The number of carbonyl (C=O) groups excluding carboxylic acids is 1. The second-order valence-corrected chi connectivity index (χ2v) is 9.57. The maximum atomic E-state index is 14.7. The first-order valence-electron chi connectivity index (χ1n) is 9.54. The second kappa shape index (κ2) is 7.50. The molecule has 154 valence electrons. The lowest BCUT2D eigenvalue weighted by atomic mass is 9.95. The molecule has 3 atom stereocenters. The van der Waals surface area contributed by atoms with Gasteiger partial charge in [0.25, 0.3) is 0 Å². The molecule has 1 heterocycles. The van der Waals surface area contributed by atoms with Crippen molar-refractivity contribution >= 4 is 15.9 Å². The van der Waals surface area contributed by atoms with Crippen LogP contribution in [0.1, 0.15) is 24.3 Å². The van der Waals surface area contributed by atoms with Crippen molar-refractivity contribution in [3.63, 3.8) is 0 Å². The molecule has 3 unspecified atom stereocenters. The molecule has 5 nitrogen and oxygen atoms in total. The Balaban J connectivity index is 1.53. The van der Waals surface area contributed by atoms with Crippen LogP contribution in [0.15, 0.2) is 42.5 Å². The standard InChI is InChI=1S/C21H22F2N2O3S/c1-29(27,28)24-13-9-10-25(12-13)21(26)17-11-16(17)20-15(6-4-8-19(20)23)14-5-2-3-7-18(14)22/h2-8,13,16-17,24H,9-12H2,1H3. The number of halogens is 2. The Labute approximate surface area is 168 Å². The third-order valence-corrected chi connectivity index (χ3v) is 6.34. The average molecular weight is 420 g/mol. The minimum absolute atomic E-state index is 0.101. The zero-order valence-electron chi connectivity index (χ0n) is 15.9. The van der Waals surface area contributed by atoms with Crippen LogP contribution >= 0.6 is 0 Å². The van der Waals surface area contributed by atoms with E-state index in [2.05, 4.69) is 4.72 Å². The van der Waals surface area contributed by atoms with Crippen LogP contribution in [0.2, 0.25) is 0 Å². The number of sulfonamides is 1. The van der Waals surface area contributed by atoms with Gasteiger partial charge in [-0.1, -0.05) is 30.3 Å². The van der Waals surface area contributed by atoms with Gasteiger partial charge in [-0.3, -0.25) is 4.79 Å². The Bertz CT molecular complexity index is 1060. The van der Waals surface area contributed by atoms with Gasteiger partial charge in [-0.05, 0) is 42.0 Å². The smallest absolute Gasteiger partial charge is 0.226 e. The Morgan fingerprint density at radius 2 is 1.76 bits per heavy atom. The van der Waals surface area contributed by atoms with E-state index in [9.17, 15) is 22.0 Å². The van der Waals surface area contributed by atoms with Crippen LogP contribution in [-0.4, -0.2) is 44.6 Å². The van der Waals surface area contributed by atoms with Gasteiger partial charge in [-0.15, -0.1) is 0 Å². The van der Waals surface area contributed by atoms with E-state index in [0.29, 0.717) is 42.6 Å². The summed E-state index contributed by atoms with van der Waals surface area (Å²) in [5.41, 5.74) is 1.17. The molecule has 1 N–H and O–H groups in total. The molecule has 1 saturated heterocycles. The van der Waals surface area contributed by atoms with Crippen LogP contribution in [0.4, 0.5) is 8.78 Å². The fourth-order valence-corrected chi connectivity index (χ4v) is 5.01. The van der Waals surface area contributed by atoms with Gasteiger partial charge in [-0.2, -0.15) is 0 Å². The van der Waals surface area contributed by atoms with Gasteiger partial charge < -0.3 is 4.90 Å². The summed E-state index contributed by atoms with van der Waals surface area (Å²) >= 11 is 0. The number of rotatable bonds is 5. The number of benzene rings is 2. The van der Waals surface area contributed by atoms with Crippen molar-refractivity contribution in [1.82, 2.24) is 9.62 Å². The minimum Gasteiger partial charge on any atom is -0.341 e. The third kappa shape index (κ3) is 4.18. The monoisotopic (exact) mass is 420 g/mol. The number of carbonyl (C=O) groups is 1. The molecule has 2 fully saturated rings. The van der Waals surface area contributed by atoms with Gasteiger partial charge in [0.15, 0.2) is 0 Å². The Hall–Kier alpha value is -2.32. The lowest BCUT2D eigenvalue weighted by Gasteiger charge is -2.17. The molecule has 29 heavy (non-hydrogen) atoms. The molecule has 2 aromatic rings. The fourth-order valence-electron chi connectivity index (χ4n) is 4.21. The van der Waals surface area contributed by atoms with E-state index in [4.69, 9.17) is 0 Å². The molecule has 1 saturated carbocycles. The van der Waals surface area contributed by atoms with E-state index in [1.54, 1.807) is 35.2 Å². The number of amides is 1.